The number of carbonyl (C=O) groups excluding carboxylic acids is 1. The number of nitrogens with one attached hydrogen (secondary N) is 1. The van der Waals surface area contributed by atoms with Crippen LogP contribution in [0.4, 0.5) is 5.69 Å². The second-order valence-electron chi connectivity index (χ2n) is 7.77. The van der Waals surface area contributed by atoms with E-state index < -0.39 is 10.0 Å². The van der Waals surface area contributed by atoms with Crippen LogP contribution in [-0.2, 0) is 27.7 Å². The van der Waals surface area contributed by atoms with Crippen LogP contribution in [0.3, 0.4) is 0 Å². The summed E-state index contributed by atoms with van der Waals surface area (Å²) in [4.78, 5) is 12.7. The fourth-order valence-electron chi connectivity index (χ4n) is 3.94. The van der Waals surface area contributed by atoms with Gasteiger partial charge < -0.3 is 10.6 Å². The number of benzene rings is 2. The van der Waals surface area contributed by atoms with E-state index in [2.05, 4.69) is 17.4 Å². The molecular weight excluding hydrogens is 398 g/mol. The first-order valence-corrected chi connectivity index (χ1v) is 12.1. The molecule has 0 unspecified atom stereocenters. The van der Waals surface area contributed by atoms with E-state index >= 15 is 0 Å². The van der Waals surface area contributed by atoms with E-state index in [4.69, 9.17) is 0 Å². The summed E-state index contributed by atoms with van der Waals surface area (Å²) in [5.41, 5.74) is 4.57. The summed E-state index contributed by atoms with van der Waals surface area (Å²) >= 11 is 0. The van der Waals surface area contributed by atoms with Crippen LogP contribution in [0.5, 0.6) is 0 Å². The molecule has 3 rings (SSSR count). The molecule has 0 bridgehead atoms. The molecule has 0 saturated heterocycles. The summed E-state index contributed by atoms with van der Waals surface area (Å²) in [7, 11) is -3.45. The first kappa shape index (κ1) is 22.5. The number of amides is 1. The molecule has 6 nitrogen and oxygen atoms in total. The molecule has 162 valence electrons. The molecule has 0 fully saturated rings. The second kappa shape index (κ2) is 9.73. The largest absolute Gasteiger partial charge is 0.333 e. The van der Waals surface area contributed by atoms with Gasteiger partial charge in [-0.1, -0.05) is 32.0 Å². The lowest BCUT2D eigenvalue weighted by molar-refractivity contribution is -0.682. The maximum Gasteiger partial charge on any atom is 0.279 e. The lowest BCUT2D eigenvalue weighted by Crippen LogP contribution is -2.86. The van der Waals surface area contributed by atoms with Gasteiger partial charge in [0, 0.05) is 24.3 Å². The van der Waals surface area contributed by atoms with Crippen molar-refractivity contribution in [3.63, 3.8) is 0 Å². The number of nitrogens with zero attached hydrogens (tertiary/aromatic N) is 1. The van der Waals surface area contributed by atoms with Crippen LogP contribution in [0.25, 0.3) is 0 Å². The molecule has 0 radical (unpaired) electrons. The molecule has 0 aliphatic heterocycles. The van der Waals surface area contributed by atoms with Crippen molar-refractivity contribution < 1.29 is 18.5 Å². The van der Waals surface area contributed by atoms with Crippen LogP contribution in [0.15, 0.2) is 47.4 Å². The Balaban J connectivity index is 1.55. The summed E-state index contributed by atoms with van der Waals surface area (Å²) in [6.07, 6.45) is 3.40. The molecule has 1 atom stereocenters. The molecule has 2 aromatic carbocycles. The third kappa shape index (κ3) is 5.09. The van der Waals surface area contributed by atoms with Gasteiger partial charge in [0.05, 0.1) is 4.90 Å². The lowest BCUT2D eigenvalue weighted by Gasteiger charge is -2.19. The van der Waals surface area contributed by atoms with Gasteiger partial charge >= 0.3 is 0 Å². The second-order valence-corrected chi connectivity index (χ2v) is 9.71. The van der Waals surface area contributed by atoms with E-state index in [0.717, 1.165) is 24.1 Å². The Hall–Kier alpha value is -2.22. The Morgan fingerprint density at radius 2 is 1.73 bits per heavy atom. The van der Waals surface area contributed by atoms with Gasteiger partial charge in [-0.2, -0.15) is 4.31 Å². The molecule has 2 aromatic rings. The van der Waals surface area contributed by atoms with Crippen LogP contribution in [0, 0.1) is 0 Å². The Kier molecular flexibility index (Phi) is 7.28. The molecule has 3 N–H and O–H groups in total. The number of sulfonamides is 1. The maximum atomic E-state index is 12.6. The average molecular weight is 431 g/mol. The standard InChI is InChI=1S/C23H31N3O3S/c1-4-26(5-2)30(28,29)22-13-10-18(11-14-22)17(3)24-16-23(27)25-21-12-9-19-7-6-8-20(19)15-21/h9-15,17,24H,4-8,16H2,1-3H3,(H,25,27)/p+1/t17-/m1/s1. The van der Waals surface area contributed by atoms with E-state index in [1.54, 1.807) is 12.1 Å². The van der Waals surface area contributed by atoms with Crippen LogP contribution < -0.4 is 10.6 Å². The van der Waals surface area contributed by atoms with Crippen LogP contribution >= 0.6 is 0 Å². The number of hydrogen-bond acceptors (Lipinski definition) is 3. The van der Waals surface area contributed by atoms with Gasteiger partial charge in [0.2, 0.25) is 10.0 Å². The predicted octanol–water partition coefficient (Wildman–Crippen LogP) is 2.47. The highest BCUT2D eigenvalue weighted by atomic mass is 32.2. The van der Waals surface area contributed by atoms with Gasteiger partial charge in [0.15, 0.2) is 6.54 Å². The van der Waals surface area contributed by atoms with Crippen molar-refractivity contribution in [2.75, 3.05) is 25.0 Å². The monoisotopic (exact) mass is 430 g/mol. The third-order valence-corrected chi connectivity index (χ3v) is 7.85. The van der Waals surface area contributed by atoms with Gasteiger partial charge in [-0.15, -0.1) is 0 Å². The number of quaternary nitrogens is 1. The zero-order valence-electron chi connectivity index (χ0n) is 18.0. The number of fused-ring (bicyclic) bond motifs is 1. The van der Waals surface area contributed by atoms with E-state index in [0.29, 0.717) is 24.5 Å². The van der Waals surface area contributed by atoms with Crippen molar-refractivity contribution in [3.05, 3.63) is 59.2 Å². The fraction of sp³-hybridized carbons (Fsp3) is 0.435. The SMILES string of the molecule is CCN(CC)S(=O)(=O)c1ccc([C@@H](C)[NH2+]CC(=O)Nc2ccc3c(c2)CCC3)cc1. The summed E-state index contributed by atoms with van der Waals surface area (Å²) in [5.74, 6) is -0.0412. The molecule has 0 heterocycles. The zero-order valence-corrected chi connectivity index (χ0v) is 18.8. The highest BCUT2D eigenvalue weighted by Crippen LogP contribution is 2.24. The minimum Gasteiger partial charge on any atom is -0.333 e. The molecule has 1 aliphatic carbocycles. The third-order valence-electron chi connectivity index (χ3n) is 5.79. The number of rotatable bonds is 9. The van der Waals surface area contributed by atoms with Gasteiger partial charge in [-0.3, -0.25) is 4.79 Å². The molecule has 30 heavy (non-hydrogen) atoms. The molecule has 0 aromatic heterocycles. The molecule has 1 amide bonds. The first-order valence-electron chi connectivity index (χ1n) is 10.7. The highest BCUT2D eigenvalue weighted by Gasteiger charge is 2.22. The lowest BCUT2D eigenvalue weighted by atomic mass is 10.1. The van der Waals surface area contributed by atoms with Crippen molar-refractivity contribution in [1.82, 2.24) is 4.31 Å². The molecule has 1 aliphatic rings. The predicted molar refractivity (Wildman–Crippen MR) is 119 cm³/mol. The molecule has 0 spiro atoms. The Morgan fingerprint density at radius 3 is 2.40 bits per heavy atom. The van der Waals surface area contributed by atoms with Crippen LogP contribution in [0.1, 0.15) is 49.9 Å². The topological polar surface area (TPSA) is 83.1 Å². The Labute approximate surface area is 179 Å². The summed E-state index contributed by atoms with van der Waals surface area (Å²) in [5, 5.41) is 4.93. The maximum absolute atomic E-state index is 12.6. The van der Waals surface area contributed by atoms with Crippen molar-refractivity contribution in [1.29, 1.82) is 0 Å². The highest BCUT2D eigenvalue weighted by molar-refractivity contribution is 7.89. The van der Waals surface area contributed by atoms with Crippen LogP contribution in [-0.4, -0.2) is 38.3 Å². The normalized spacial score (nSPS) is 14.5. The first-order chi connectivity index (χ1) is 14.3. The van der Waals surface area contributed by atoms with Crippen LogP contribution in [0.2, 0.25) is 0 Å². The van der Waals surface area contributed by atoms with E-state index in [9.17, 15) is 13.2 Å². The number of aryl methyl sites for hydroxylation is 2. The molecule has 7 heteroatoms. The number of nitrogens with two attached hydrogens (primary N) is 1. The quantitative estimate of drug-likeness (QED) is 0.641. The van der Waals surface area contributed by atoms with E-state index in [-0.39, 0.29) is 11.9 Å². The minimum atomic E-state index is -3.45. The van der Waals surface area contributed by atoms with E-state index in [1.165, 1.54) is 21.9 Å². The van der Waals surface area contributed by atoms with Gasteiger partial charge in [0.25, 0.3) is 5.91 Å². The van der Waals surface area contributed by atoms with E-state index in [1.807, 2.05) is 44.3 Å². The number of hydrogen-bond donors (Lipinski definition) is 2. The Bertz CT molecular complexity index is 983. The van der Waals surface area contributed by atoms with Crippen molar-refractivity contribution >= 4 is 21.6 Å². The van der Waals surface area contributed by atoms with Gasteiger partial charge in [-0.05, 0) is 61.6 Å². The summed E-state index contributed by atoms with van der Waals surface area (Å²) < 4.78 is 26.6. The molecular formula is C23H32N3O3S+. The zero-order chi connectivity index (χ0) is 21.7. The Morgan fingerprint density at radius 1 is 1.07 bits per heavy atom. The van der Waals surface area contributed by atoms with Crippen molar-refractivity contribution in [3.8, 4) is 0 Å². The number of anilines is 1. The summed E-state index contributed by atoms with van der Waals surface area (Å²) in [6.45, 7) is 6.88. The smallest absolute Gasteiger partial charge is 0.279 e. The van der Waals surface area contributed by atoms with Crippen molar-refractivity contribution in [2.24, 2.45) is 0 Å². The fourth-order valence-corrected chi connectivity index (χ4v) is 5.40. The van der Waals surface area contributed by atoms with Gasteiger partial charge in [0.1, 0.15) is 6.04 Å². The van der Waals surface area contributed by atoms with Crippen molar-refractivity contribution in [2.45, 2.75) is 51.0 Å². The number of carbonyl (C=O) groups is 1. The average Bonchev–Trinajstić information content (AvgIpc) is 3.20. The molecule has 0 saturated carbocycles. The minimum absolute atomic E-state index is 0.0412. The van der Waals surface area contributed by atoms with Gasteiger partial charge in [-0.25, -0.2) is 8.42 Å². The summed E-state index contributed by atoms with van der Waals surface area (Å²) in [6, 6.07) is 13.2.